The number of hydrogen-bond acceptors (Lipinski definition) is 6. The molecule has 6 nitrogen and oxygen atoms in total. The zero-order chi connectivity index (χ0) is 27.4. The molecule has 4 rings (SSSR count). The zero-order valence-electron chi connectivity index (χ0n) is 21.1. The molecule has 0 spiro atoms. The highest BCUT2D eigenvalue weighted by molar-refractivity contribution is 8.27. The monoisotopic (exact) mass is 567 g/mol. The number of benzene rings is 3. The number of thiocarbonyl (C=S) groups is 1. The van der Waals surface area contributed by atoms with Crippen molar-refractivity contribution in [3.63, 3.8) is 0 Å². The van der Waals surface area contributed by atoms with Crippen LogP contribution < -0.4 is 14.4 Å². The van der Waals surface area contributed by atoms with E-state index >= 15 is 0 Å². The molecule has 1 fully saturated rings. The number of halogens is 1. The number of carboxylic acids is 1. The van der Waals surface area contributed by atoms with E-state index in [0.29, 0.717) is 37.9 Å². The van der Waals surface area contributed by atoms with Crippen LogP contribution in [0, 0.1) is 0 Å². The molecule has 196 valence electrons. The highest BCUT2D eigenvalue weighted by Gasteiger charge is 2.33. The Kier molecular flexibility index (Phi) is 8.45. The Morgan fingerprint density at radius 2 is 1.76 bits per heavy atom. The molecule has 0 aliphatic carbocycles. The molecule has 0 aromatic heterocycles. The Morgan fingerprint density at radius 1 is 1.05 bits per heavy atom. The number of rotatable bonds is 8. The van der Waals surface area contributed by atoms with E-state index in [4.69, 9.17) is 33.3 Å². The molecule has 1 N–H and O–H groups in total. The minimum atomic E-state index is -1.08. The van der Waals surface area contributed by atoms with E-state index in [0.717, 1.165) is 17.5 Å². The minimum absolute atomic E-state index is 0.0680. The Hall–Kier alpha value is -3.33. The topological polar surface area (TPSA) is 76.1 Å². The van der Waals surface area contributed by atoms with Gasteiger partial charge in [-0.05, 0) is 65.6 Å². The fraction of sp³-hybridized carbons (Fsp3) is 0.207. The summed E-state index contributed by atoms with van der Waals surface area (Å²) in [5.41, 5.74) is 2.38. The number of anilines is 1. The third-order valence-corrected chi connectivity index (χ3v) is 7.27. The second kappa shape index (κ2) is 11.6. The lowest BCUT2D eigenvalue weighted by molar-refractivity contribution is -0.113. The first kappa shape index (κ1) is 27.7. The fourth-order valence-corrected chi connectivity index (χ4v) is 5.21. The molecule has 38 heavy (non-hydrogen) atoms. The van der Waals surface area contributed by atoms with Crippen molar-refractivity contribution in [1.82, 2.24) is 0 Å². The third kappa shape index (κ3) is 6.56. The van der Waals surface area contributed by atoms with Gasteiger partial charge in [-0.1, -0.05) is 74.6 Å². The van der Waals surface area contributed by atoms with Crippen LogP contribution in [0.1, 0.15) is 42.3 Å². The smallest absolute Gasteiger partial charge is 0.335 e. The van der Waals surface area contributed by atoms with Gasteiger partial charge in [-0.3, -0.25) is 9.69 Å². The van der Waals surface area contributed by atoms with Crippen molar-refractivity contribution in [2.75, 3.05) is 18.1 Å². The van der Waals surface area contributed by atoms with E-state index in [-0.39, 0.29) is 23.5 Å². The Labute approximate surface area is 236 Å². The van der Waals surface area contributed by atoms with Crippen molar-refractivity contribution in [2.45, 2.75) is 26.2 Å². The van der Waals surface area contributed by atoms with Crippen molar-refractivity contribution in [3.8, 4) is 11.5 Å². The van der Waals surface area contributed by atoms with E-state index in [1.807, 2.05) is 12.1 Å². The molecule has 3 aromatic carbocycles. The van der Waals surface area contributed by atoms with Crippen LogP contribution in [0.3, 0.4) is 0 Å². The Morgan fingerprint density at radius 3 is 2.45 bits per heavy atom. The summed E-state index contributed by atoms with van der Waals surface area (Å²) in [6, 6.07) is 19.3. The number of carbonyl (C=O) groups excluding carboxylic acids is 1. The maximum atomic E-state index is 13.2. The summed E-state index contributed by atoms with van der Waals surface area (Å²) in [6.07, 6.45) is 1.67. The molecule has 1 aliphatic heterocycles. The first-order chi connectivity index (χ1) is 18.0. The fourth-order valence-electron chi connectivity index (χ4n) is 3.74. The predicted octanol–water partition coefficient (Wildman–Crippen LogP) is 7.20. The Bertz CT molecular complexity index is 1410. The largest absolute Gasteiger partial charge is 0.490 e. The quantitative estimate of drug-likeness (QED) is 0.175. The molecule has 0 unspecified atom stereocenters. The van der Waals surface area contributed by atoms with Crippen LogP contribution in [0.15, 0.2) is 71.6 Å². The van der Waals surface area contributed by atoms with E-state index in [2.05, 4.69) is 32.9 Å². The third-order valence-electron chi connectivity index (χ3n) is 5.73. The number of thioether (sulfide) groups is 1. The molecule has 0 saturated carbocycles. The van der Waals surface area contributed by atoms with Gasteiger partial charge in [-0.2, -0.15) is 0 Å². The van der Waals surface area contributed by atoms with Crippen LogP contribution in [0.5, 0.6) is 11.5 Å². The second-order valence-electron chi connectivity index (χ2n) is 9.53. The Balaban J connectivity index is 1.45. The average Bonchev–Trinajstić information content (AvgIpc) is 3.15. The molecular formula is C29H26ClNO5S2. The van der Waals surface area contributed by atoms with Crippen molar-refractivity contribution < 1.29 is 24.2 Å². The van der Waals surface area contributed by atoms with E-state index in [1.165, 1.54) is 22.6 Å². The molecular weight excluding hydrogens is 542 g/mol. The van der Waals surface area contributed by atoms with Gasteiger partial charge in [-0.15, -0.1) is 0 Å². The van der Waals surface area contributed by atoms with Crippen molar-refractivity contribution in [3.05, 3.63) is 93.3 Å². The summed E-state index contributed by atoms with van der Waals surface area (Å²) in [7, 11) is 0. The van der Waals surface area contributed by atoms with Crippen molar-refractivity contribution in [2.24, 2.45) is 0 Å². The number of nitrogens with zero attached hydrogens (tertiary/aromatic N) is 1. The number of aromatic carboxylic acids is 1. The normalized spacial score (nSPS) is 14.7. The van der Waals surface area contributed by atoms with Crippen LogP contribution in [0.4, 0.5) is 5.69 Å². The van der Waals surface area contributed by atoms with Gasteiger partial charge in [0.2, 0.25) is 0 Å². The molecule has 0 bridgehead atoms. The van der Waals surface area contributed by atoms with Crippen LogP contribution >= 0.6 is 35.6 Å². The van der Waals surface area contributed by atoms with Crippen LogP contribution in [0.2, 0.25) is 5.02 Å². The van der Waals surface area contributed by atoms with Gasteiger partial charge in [0.15, 0.2) is 4.32 Å². The van der Waals surface area contributed by atoms with Crippen LogP contribution in [-0.2, 0) is 10.2 Å². The summed E-state index contributed by atoms with van der Waals surface area (Å²) in [6.45, 7) is 7.10. The summed E-state index contributed by atoms with van der Waals surface area (Å²) in [5, 5.41) is 9.78. The van der Waals surface area contributed by atoms with E-state index in [1.54, 1.807) is 36.4 Å². The predicted molar refractivity (Wildman–Crippen MR) is 157 cm³/mol. The summed E-state index contributed by atoms with van der Waals surface area (Å²) < 4.78 is 12.1. The first-order valence-electron chi connectivity index (χ1n) is 11.8. The lowest BCUT2D eigenvalue weighted by atomic mass is 9.87. The highest BCUT2D eigenvalue weighted by Crippen LogP contribution is 2.38. The highest BCUT2D eigenvalue weighted by atomic mass is 35.5. The summed E-state index contributed by atoms with van der Waals surface area (Å²) in [5.74, 6) is -0.136. The minimum Gasteiger partial charge on any atom is -0.490 e. The van der Waals surface area contributed by atoms with Crippen LogP contribution in [-0.4, -0.2) is 34.5 Å². The molecule has 0 radical (unpaired) electrons. The van der Waals surface area contributed by atoms with E-state index < -0.39 is 5.97 Å². The molecule has 1 heterocycles. The maximum absolute atomic E-state index is 13.2. The molecule has 0 atom stereocenters. The van der Waals surface area contributed by atoms with Gasteiger partial charge < -0.3 is 14.6 Å². The number of carbonyl (C=O) groups is 2. The van der Waals surface area contributed by atoms with Gasteiger partial charge in [-0.25, -0.2) is 4.79 Å². The lowest BCUT2D eigenvalue weighted by Gasteiger charge is -2.19. The van der Waals surface area contributed by atoms with Crippen LogP contribution in [0.25, 0.3) is 6.08 Å². The molecule has 1 amide bonds. The summed E-state index contributed by atoms with van der Waals surface area (Å²) >= 11 is 12.8. The molecule has 3 aromatic rings. The maximum Gasteiger partial charge on any atom is 0.335 e. The molecule has 1 saturated heterocycles. The SMILES string of the molecule is CC(C)(C)c1ccc(OCCOc2ccc(Cl)cc2/C=C2/SC(=S)N(c3cccc(C(=O)O)c3)C2=O)cc1. The summed E-state index contributed by atoms with van der Waals surface area (Å²) in [4.78, 5) is 26.3. The van der Waals surface area contributed by atoms with Crippen molar-refractivity contribution in [1.29, 1.82) is 0 Å². The zero-order valence-corrected chi connectivity index (χ0v) is 23.5. The van der Waals surface area contributed by atoms with Crippen molar-refractivity contribution >= 4 is 63.5 Å². The van der Waals surface area contributed by atoms with Gasteiger partial charge in [0.25, 0.3) is 5.91 Å². The number of ether oxygens (including phenoxy) is 2. The van der Waals surface area contributed by atoms with Gasteiger partial charge in [0.05, 0.1) is 16.2 Å². The van der Waals surface area contributed by atoms with Gasteiger partial charge >= 0.3 is 5.97 Å². The van der Waals surface area contributed by atoms with Gasteiger partial charge in [0.1, 0.15) is 24.7 Å². The average molecular weight is 568 g/mol. The lowest BCUT2D eigenvalue weighted by Crippen LogP contribution is -2.27. The van der Waals surface area contributed by atoms with Gasteiger partial charge in [0, 0.05) is 10.6 Å². The second-order valence-corrected chi connectivity index (χ2v) is 11.6. The molecule has 9 heteroatoms. The molecule has 1 aliphatic rings. The number of amides is 1. The van der Waals surface area contributed by atoms with E-state index in [9.17, 15) is 14.7 Å². The standard InChI is InChI=1S/C29H26ClNO5S2/c1-29(2,3)20-7-10-23(11-8-20)35-13-14-36-24-12-9-21(30)15-19(24)17-25-26(32)31(28(37)38-25)22-6-4-5-18(16-22)27(33)34/h4-12,15-17H,13-14H2,1-3H3,(H,33,34)/b25-17+. The number of hydrogen-bond donors (Lipinski definition) is 1. The number of carboxylic acid groups (broad SMARTS) is 1. The first-order valence-corrected chi connectivity index (χ1v) is 13.4.